The molecule has 1 fully saturated rings. The summed E-state index contributed by atoms with van der Waals surface area (Å²) in [5, 5.41) is 6.51. The van der Waals surface area contributed by atoms with Gasteiger partial charge in [0.25, 0.3) is 0 Å². The van der Waals surface area contributed by atoms with Crippen molar-refractivity contribution >= 4 is 15.8 Å². The molecule has 1 aliphatic carbocycles. The van der Waals surface area contributed by atoms with Crippen LogP contribution in [0.1, 0.15) is 43.4 Å². The van der Waals surface area contributed by atoms with Gasteiger partial charge in [-0.05, 0) is 26.7 Å². The van der Waals surface area contributed by atoms with Gasteiger partial charge in [-0.25, -0.2) is 8.42 Å². The standard InChI is InChI=1S/C11H19N3O2S/c1-8-9(2)12-13-11(8)14-17(15,16)10-6-4-3-5-7-10/h10H,3-7H2,1-2H3,(H2,12,13,14). The Kier molecular flexibility index (Phi) is 3.42. The van der Waals surface area contributed by atoms with Gasteiger partial charge < -0.3 is 0 Å². The fraction of sp³-hybridized carbons (Fsp3) is 0.727. The topological polar surface area (TPSA) is 74.8 Å². The molecule has 0 bridgehead atoms. The van der Waals surface area contributed by atoms with Crippen molar-refractivity contribution in [2.45, 2.75) is 51.2 Å². The Hall–Kier alpha value is -1.04. The highest BCUT2D eigenvalue weighted by molar-refractivity contribution is 7.93. The zero-order chi connectivity index (χ0) is 12.5. The van der Waals surface area contributed by atoms with Gasteiger partial charge in [-0.15, -0.1) is 0 Å². The van der Waals surface area contributed by atoms with Gasteiger partial charge in [0.1, 0.15) is 0 Å². The van der Waals surface area contributed by atoms with E-state index in [-0.39, 0.29) is 5.25 Å². The smallest absolute Gasteiger partial charge is 0.236 e. The highest BCUT2D eigenvalue weighted by Crippen LogP contribution is 2.25. The van der Waals surface area contributed by atoms with Crippen molar-refractivity contribution in [2.75, 3.05) is 4.72 Å². The maximum atomic E-state index is 12.2. The maximum absolute atomic E-state index is 12.2. The van der Waals surface area contributed by atoms with E-state index in [9.17, 15) is 8.42 Å². The van der Waals surface area contributed by atoms with Crippen LogP contribution in [0.5, 0.6) is 0 Å². The molecule has 1 aromatic heterocycles. The zero-order valence-corrected chi connectivity index (χ0v) is 11.1. The van der Waals surface area contributed by atoms with Crippen LogP contribution in [-0.2, 0) is 10.0 Å². The summed E-state index contributed by atoms with van der Waals surface area (Å²) >= 11 is 0. The lowest BCUT2D eigenvalue weighted by Crippen LogP contribution is -2.30. The molecule has 1 aliphatic rings. The number of nitrogens with zero attached hydrogens (tertiary/aromatic N) is 1. The Morgan fingerprint density at radius 3 is 2.41 bits per heavy atom. The summed E-state index contributed by atoms with van der Waals surface area (Å²) in [4.78, 5) is 0. The average Bonchev–Trinajstić information content (AvgIpc) is 2.62. The molecule has 0 radical (unpaired) electrons. The molecule has 5 nitrogen and oxygen atoms in total. The van der Waals surface area contributed by atoms with Crippen molar-refractivity contribution < 1.29 is 8.42 Å². The third kappa shape index (κ3) is 2.62. The summed E-state index contributed by atoms with van der Waals surface area (Å²) in [5.41, 5.74) is 1.76. The molecule has 0 unspecified atom stereocenters. The van der Waals surface area contributed by atoms with E-state index in [0.29, 0.717) is 5.82 Å². The van der Waals surface area contributed by atoms with E-state index in [2.05, 4.69) is 14.9 Å². The first-order valence-corrected chi connectivity index (χ1v) is 7.58. The van der Waals surface area contributed by atoms with E-state index in [1.807, 2.05) is 13.8 Å². The number of aromatic nitrogens is 2. The molecule has 1 saturated carbocycles. The van der Waals surface area contributed by atoms with Crippen LogP contribution in [0.25, 0.3) is 0 Å². The van der Waals surface area contributed by atoms with E-state index in [0.717, 1.165) is 43.4 Å². The van der Waals surface area contributed by atoms with Gasteiger partial charge in [-0.1, -0.05) is 19.3 Å². The van der Waals surface area contributed by atoms with Crippen molar-refractivity contribution in [3.63, 3.8) is 0 Å². The number of sulfonamides is 1. The lowest BCUT2D eigenvalue weighted by molar-refractivity contribution is 0.486. The molecule has 0 spiro atoms. The van der Waals surface area contributed by atoms with Crippen molar-refractivity contribution in [2.24, 2.45) is 0 Å². The van der Waals surface area contributed by atoms with Crippen LogP contribution in [0, 0.1) is 13.8 Å². The first-order chi connectivity index (χ1) is 8.00. The number of rotatable bonds is 3. The van der Waals surface area contributed by atoms with Crippen molar-refractivity contribution in [3.05, 3.63) is 11.3 Å². The summed E-state index contributed by atoms with van der Waals surface area (Å²) in [6.07, 6.45) is 4.68. The SMILES string of the molecule is Cc1[nH]nc(NS(=O)(=O)C2CCCCC2)c1C. The Balaban J connectivity index is 2.14. The quantitative estimate of drug-likeness (QED) is 0.870. The normalized spacial score (nSPS) is 18.2. The summed E-state index contributed by atoms with van der Waals surface area (Å²) in [7, 11) is -3.28. The zero-order valence-electron chi connectivity index (χ0n) is 10.3. The third-order valence-electron chi connectivity index (χ3n) is 3.48. The number of aryl methyl sites for hydroxylation is 1. The molecule has 1 heterocycles. The Bertz CT molecular complexity index is 487. The molecule has 0 atom stereocenters. The molecular weight excluding hydrogens is 238 g/mol. The van der Waals surface area contributed by atoms with Gasteiger partial charge in [-0.3, -0.25) is 9.82 Å². The van der Waals surface area contributed by atoms with E-state index in [1.165, 1.54) is 0 Å². The highest BCUT2D eigenvalue weighted by atomic mass is 32.2. The van der Waals surface area contributed by atoms with Crippen LogP contribution < -0.4 is 4.72 Å². The minimum atomic E-state index is -3.28. The predicted molar refractivity (Wildman–Crippen MR) is 67.5 cm³/mol. The van der Waals surface area contributed by atoms with E-state index in [4.69, 9.17) is 0 Å². The van der Waals surface area contributed by atoms with E-state index >= 15 is 0 Å². The van der Waals surface area contributed by atoms with Crippen LogP contribution in [-0.4, -0.2) is 23.9 Å². The van der Waals surface area contributed by atoms with Crippen LogP contribution in [0.15, 0.2) is 0 Å². The molecule has 6 heteroatoms. The number of nitrogens with one attached hydrogen (secondary N) is 2. The summed E-state index contributed by atoms with van der Waals surface area (Å²) < 4.78 is 26.9. The Labute approximate surface area is 102 Å². The molecular formula is C11H19N3O2S. The fourth-order valence-electron chi connectivity index (χ4n) is 2.18. The van der Waals surface area contributed by atoms with Gasteiger partial charge in [0.2, 0.25) is 10.0 Å². The second-order valence-corrected chi connectivity index (χ2v) is 6.69. The lowest BCUT2D eigenvalue weighted by Gasteiger charge is -2.21. The molecule has 0 aromatic carbocycles. The molecule has 0 saturated heterocycles. The minimum absolute atomic E-state index is 0.257. The average molecular weight is 257 g/mol. The van der Waals surface area contributed by atoms with Gasteiger partial charge in [-0.2, -0.15) is 5.10 Å². The third-order valence-corrected chi connectivity index (χ3v) is 5.31. The predicted octanol–water partition coefficient (Wildman–Crippen LogP) is 2.10. The molecule has 2 N–H and O–H groups in total. The van der Waals surface area contributed by atoms with Crippen LogP contribution in [0.3, 0.4) is 0 Å². The minimum Gasteiger partial charge on any atom is -0.280 e. The number of hydrogen-bond donors (Lipinski definition) is 2. The number of hydrogen-bond acceptors (Lipinski definition) is 3. The Morgan fingerprint density at radius 2 is 1.88 bits per heavy atom. The van der Waals surface area contributed by atoms with E-state index < -0.39 is 10.0 Å². The number of aromatic amines is 1. The van der Waals surface area contributed by atoms with Gasteiger partial charge in [0, 0.05) is 11.3 Å². The van der Waals surface area contributed by atoms with Crippen LogP contribution >= 0.6 is 0 Å². The molecule has 2 rings (SSSR count). The van der Waals surface area contributed by atoms with Crippen molar-refractivity contribution in [1.82, 2.24) is 10.2 Å². The lowest BCUT2D eigenvalue weighted by atomic mass is 10.0. The van der Waals surface area contributed by atoms with Gasteiger partial charge >= 0.3 is 0 Å². The van der Waals surface area contributed by atoms with Gasteiger partial charge in [0.05, 0.1) is 5.25 Å². The fourth-order valence-corrected chi connectivity index (χ4v) is 3.77. The maximum Gasteiger partial charge on any atom is 0.236 e. The van der Waals surface area contributed by atoms with Crippen LogP contribution in [0.4, 0.5) is 5.82 Å². The summed E-state index contributed by atoms with van der Waals surface area (Å²) in [5.74, 6) is 0.438. The summed E-state index contributed by atoms with van der Waals surface area (Å²) in [6, 6.07) is 0. The number of anilines is 1. The first kappa shape index (κ1) is 12.4. The second kappa shape index (κ2) is 4.68. The Morgan fingerprint density at radius 1 is 1.24 bits per heavy atom. The largest absolute Gasteiger partial charge is 0.280 e. The first-order valence-electron chi connectivity index (χ1n) is 6.04. The highest BCUT2D eigenvalue weighted by Gasteiger charge is 2.28. The number of H-pyrrole nitrogens is 1. The second-order valence-electron chi connectivity index (χ2n) is 4.73. The van der Waals surface area contributed by atoms with Crippen LogP contribution in [0.2, 0.25) is 0 Å². The molecule has 0 aliphatic heterocycles. The molecule has 96 valence electrons. The molecule has 17 heavy (non-hydrogen) atoms. The summed E-state index contributed by atoms with van der Waals surface area (Å²) in [6.45, 7) is 3.73. The van der Waals surface area contributed by atoms with Crippen molar-refractivity contribution in [3.8, 4) is 0 Å². The van der Waals surface area contributed by atoms with Gasteiger partial charge in [0.15, 0.2) is 5.82 Å². The van der Waals surface area contributed by atoms with Crippen molar-refractivity contribution in [1.29, 1.82) is 0 Å². The monoisotopic (exact) mass is 257 g/mol. The molecule has 0 amide bonds. The molecule has 1 aromatic rings. The van der Waals surface area contributed by atoms with E-state index in [1.54, 1.807) is 0 Å².